The van der Waals surface area contributed by atoms with Gasteiger partial charge >= 0.3 is 0 Å². The van der Waals surface area contributed by atoms with Crippen molar-refractivity contribution < 1.29 is 9.47 Å². The molecular weight excluding hydrogens is 681 g/mol. The highest BCUT2D eigenvalue weighted by Crippen LogP contribution is 2.57. The van der Waals surface area contributed by atoms with E-state index in [-0.39, 0.29) is 5.41 Å². The molecule has 2 heteroatoms. The summed E-state index contributed by atoms with van der Waals surface area (Å²) in [6, 6.07) is 57.2. The number of benzene rings is 8. The van der Waals surface area contributed by atoms with Gasteiger partial charge in [0.2, 0.25) is 0 Å². The molecule has 9 rings (SSSR count). The van der Waals surface area contributed by atoms with Crippen LogP contribution in [0.15, 0.2) is 158 Å². The second kappa shape index (κ2) is 13.6. The molecule has 8 aromatic rings. The maximum Gasteiger partial charge on any atom is 0.135 e. The summed E-state index contributed by atoms with van der Waals surface area (Å²) < 4.78 is 13.6. The van der Waals surface area contributed by atoms with Crippen molar-refractivity contribution in [1.82, 2.24) is 0 Å². The molecule has 0 amide bonds. The average Bonchev–Trinajstić information content (AvgIpc) is 3.50. The molecule has 0 saturated carbocycles. The highest BCUT2D eigenvalue weighted by atomic mass is 16.5. The topological polar surface area (TPSA) is 18.5 Å². The normalized spacial score (nSPS) is 13.2. The molecule has 0 fully saturated rings. The van der Waals surface area contributed by atoms with E-state index in [4.69, 9.17) is 9.47 Å². The fourth-order valence-electron chi connectivity index (χ4n) is 9.16. The first-order valence-electron chi connectivity index (χ1n) is 19.9. The van der Waals surface area contributed by atoms with Gasteiger partial charge in [0.1, 0.15) is 23.0 Å². The summed E-state index contributed by atoms with van der Waals surface area (Å²) in [6.45, 7) is 15.6. The van der Waals surface area contributed by atoms with E-state index >= 15 is 0 Å². The third-order valence-corrected chi connectivity index (χ3v) is 11.8. The molecule has 0 N–H and O–H groups in total. The first-order chi connectivity index (χ1) is 27.1. The van der Waals surface area contributed by atoms with Gasteiger partial charge in [-0.1, -0.05) is 168 Å². The minimum absolute atomic E-state index is 0.0218. The molecule has 0 aromatic heterocycles. The van der Waals surface area contributed by atoms with Crippen LogP contribution in [0.5, 0.6) is 23.0 Å². The Hall–Kier alpha value is -6.12. The summed E-state index contributed by atoms with van der Waals surface area (Å²) in [5.74, 6) is 3.88. The second-order valence-electron chi connectivity index (χ2n) is 16.8. The number of hydrogen-bond acceptors (Lipinski definition) is 2. The van der Waals surface area contributed by atoms with Crippen LogP contribution >= 0.6 is 0 Å². The molecule has 0 atom stereocenters. The van der Waals surface area contributed by atoms with Crippen LogP contribution < -0.4 is 9.47 Å². The number of aryl methyl sites for hydroxylation is 2. The smallest absolute Gasteiger partial charge is 0.135 e. The van der Waals surface area contributed by atoms with Crippen LogP contribution in [0.25, 0.3) is 32.7 Å². The van der Waals surface area contributed by atoms with Crippen molar-refractivity contribution >= 4 is 21.5 Å². The van der Waals surface area contributed by atoms with E-state index in [1.807, 2.05) is 0 Å². The van der Waals surface area contributed by atoms with E-state index in [0.717, 1.165) is 44.9 Å². The van der Waals surface area contributed by atoms with Crippen molar-refractivity contribution in [2.45, 2.75) is 65.2 Å². The number of rotatable bonds is 7. The van der Waals surface area contributed by atoms with E-state index in [9.17, 15) is 0 Å². The Labute approximate surface area is 331 Å². The minimum Gasteiger partial charge on any atom is -0.456 e. The Morgan fingerprint density at radius 2 is 0.875 bits per heavy atom. The predicted octanol–water partition coefficient (Wildman–Crippen LogP) is 15.0. The van der Waals surface area contributed by atoms with Crippen LogP contribution in [0.2, 0.25) is 0 Å². The molecule has 0 aliphatic heterocycles. The van der Waals surface area contributed by atoms with Gasteiger partial charge < -0.3 is 9.47 Å². The van der Waals surface area contributed by atoms with Crippen molar-refractivity contribution in [3.05, 3.63) is 202 Å². The quantitative estimate of drug-likeness (QED) is 0.163. The molecule has 0 radical (unpaired) electrons. The Morgan fingerprint density at radius 3 is 1.38 bits per heavy atom. The molecule has 0 bridgehead atoms. The molecular formula is C54H48O2. The monoisotopic (exact) mass is 728 g/mol. The van der Waals surface area contributed by atoms with Gasteiger partial charge in [0.05, 0.1) is 5.41 Å². The van der Waals surface area contributed by atoms with Crippen LogP contribution in [0.1, 0.15) is 85.0 Å². The molecule has 8 aromatic carbocycles. The lowest BCUT2D eigenvalue weighted by Gasteiger charge is -2.34. The number of ether oxygens (including phenoxy) is 2. The van der Waals surface area contributed by atoms with Gasteiger partial charge in [-0.3, -0.25) is 0 Å². The zero-order valence-electron chi connectivity index (χ0n) is 33.4. The molecule has 1 aliphatic rings. The molecule has 0 unspecified atom stereocenters. The number of hydrogen-bond donors (Lipinski definition) is 0. The van der Waals surface area contributed by atoms with Gasteiger partial charge in [-0.25, -0.2) is 0 Å². The van der Waals surface area contributed by atoms with Gasteiger partial charge in [-0.05, 0) is 116 Å². The summed E-state index contributed by atoms with van der Waals surface area (Å²) in [7, 11) is 0. The van der Waals surface area contributed by atoms with Crippen molar-refractivity contribution in [1.29, 1.82) is 0 Å². The lowest BCUT2D eigenvalue weighted by atomic mass is 9.67. The summed E-state index contributed by atoms with van der Waals surface area (Å²) in [5, 5.41) is 4.73. The summed E-state index contributed by atoms with van der Waals surface area (Å²) in [5.41, 5.74) is 11.8. The maximum absolute atomic E-state index is 6.81. The Bertz CT molecular complexity index is 2750. The molecule has 276 valence electrons. The van der Waals surface area contributed by atoms with Crippen LogP contribution in [0.4, 0.5) is 0 Å². The summed E-state index contributed by atoms with van der Waals surface area (Å²) >= 11 is 0. The molecule has 56 heavy (non-hydrogen) atoms. The Balaban J connectivity index is 1.16. The van der Waals surface area contributed by atoms with Crippen molar-refractivity contribution in [2.75, 3.05) is 0 Å². The molecule has 0 spiro atoms. The minimum atomic E-state index is -0.549. The standard InChI is InChI=1S/C54H48O2/c1-34(2)39-26-30-51(44-20-10-8-16-40(39)44)55-49-28-24-37(32-35(49)3)54(47-22-14-12-17-41(47)42-18-13-15-23-48(42)54)38-25-29-50(36(4)33-38)56-52-31-27-46(53(5,6)7)43-19-9-11-21-45(43)52/h8-34H,1-7H3. The lowest BCUT2D eigenvalue weighted by Crippen LogP contribution is -2.28. The van der Waals surface area contributed by atoms with Crippen molar-refractivity contribution in [3.63, 3.8) is 0 Å². The maximum atomic E-state index is 6.81. The molecule has 0 heterocycles. The van der Waals surface area contributed by atoms with Crippen LogP contribution in [0, 0.1) is 13.8 Å². The van der Waals surface area contributed by atoms with Gasteiger partial charge in [0, 0.05) is 10.8 Å². The fraction of sp³-hybridized carbons (Fsp3) is 0.185. The Kier molecular flexibility index (Phi) is 8.62. The van der Waals surface area contributed by atoms with Crippen LogP contribution in [0.3, 0.4) is 0 Å². The van der Waals surface area contributed by atoms with Gasteiger partial charge in [0.25, 0.3) is 0 Å². The van der Waals surface area contributed by atoms with E-state index in [1.54, 1.807) is 0 Å². The largest absolute Gasteiger partial charge is 0.456 e. The summed E-state index contributed by atoms with van der Waals surface area (Å²) in [4.78, 5) is 0. The fourth-order valence-corrected chi connectivity index (χ4v) is 9.16. The zero-order chi connectivity index (χ0) is 38.8. The van der Waals surface area contributed by atoms with E-state index < -0.39 is 5.41 Å². The first kappa shape index (κ1) is 35.6. The van der Waals surface area contributed by atoms with E-state index in [0.29, 0.717) is 5.92 Å². The van der Waals surface area contributed by atoms with Crippen LogP contribution in [-0.4, -0.2) is 0 Å². The van der Waals surface area contributed by atoms with Gasteiger partial charge in [0.15, 0.2) is 0 Å². The van der Waals surface area contributed by atoms with Gasteiger partial charge in [-0.2, -0.15) is 0 Å². The van der Waals surface area contributed by atoms with Crippen molar-refractivity contribution in [2.24, 2.45) is 0 Å². The molecule has 2 nitrogen and oxygen atoms in total. The summed E-state index contributed by atoms with van der Waals surface area (Å²) in [6.07, 6.45) is 0. The number of fused-ring (bicyclic) bond motifs is 5. The predicted molar refractivity (Wildman–Crippen MR) is 234 cm³/mol. The third kappa shape index (κ3) is 5.70. The highest BCUT2D eigenvalue weighted by molar-refractivity contribution is 5.93. The first-order valence-corrected chi connectivity index (χ1v) is 19.9. The Morgan fingerprint density at radius 1 is 0.446 bits per heavy atom. The van der Waals surface area contributed by atoms with Crippen molar-refractivity contribution in [3.8, 4) is 34.1 Å². The molecule has 1 aliphatic carbocycles. The van der Waals surface area contributed by atoms with E-state index in [1.165, 1.54) is 55.3 Å². The lowest BCUT2D eigenvalue weighted by molar-refractivity contribution is 0.483. The second-order valence-corrected chi connectivity index (χ2v) is 16.8. The zero-order valence-corrected chi connectivity index (χ0v) is 33.4. The average molecular weight is 729 g/mol. The van der Waals surface area contributed by atoms with Gasteiger partial charge in [-0.15, -0.1) is 0 Å². The highest BCUT2D eigenvalue weighted by Gasteiger charge is 2.46. The van der Waals surface area contributed by atoms with E-state index in [2.05, 4.69) is 206 Å². The third-order valence-electron chi connectivity index (χ3n) is 11.8. The molecule has 0 saturated heterocycles. The van der Waals surface area contributed by atoms with Crippen LogP contribution in [-0.2, 0) is 10.8 Å². The SMILES string of the molecule is Cc1cc(C2(c3ccc(Oc4ccc(C(C)(C)C)c5ccccc45)c(C)c3)c3ccccc3-c3ccccc32)ccc1Oc1ccc(C(C)C)c2ccccc12.